The maximum absolute atomic E-state index is 13.2. The number of hydrogen-bond acceptors (Lipinski definition) is 18. The molecule has 10 atom stereocenters. The molecule has 0 saturated heterocycles. The Balaban J connectivity index is 0.000000198. The van der Waals surface area contributed by atoms with Crippen LogP contribution in [0, 0.1) is 23.7 Å². The first-order valence-electron chi connectivity index (χ1n) is 34.6. The Hall–Kier alpha value is -6.94. The lowest BCUT2D eigenvalue weighted by molar-refractivity contribution is 0.0592. The van der Waals surface area contributed by atoms with Crippen molar-refractivity contribution in [2.24, 2.45) is 23.7 Å². The van der Waals surface area contributed by atoms with Crippen molar-refractivity contribution in [3.05, 3.63) is 177 Å². The Labute approximate surface area is 588 Å². The quantitative estimate of drug-likeness (QED) is 0.0313. The molecule has 2 saturated carbocycles. The number of allylic oxidation sites excluding steroid dienone is 2. The number of aromatic nitrogens is 4. The van der Waals surface area contributed by atoms with Gasteiger partial charge in [0.15, 0.2) is 0 Å². The van der Waals surface area contributed by atoms with Crippen LogP contribution in [0.4, 0.5) is 11.4 Å². The Bertz CT molecular complexity index is 3800. The number of fused-ring (bicyclic) bond motifs is 6. The van der Waals surface area contributed by atoms with Crippen molar-refractivity contribution in [1.82, 2.24) is 19.9 Å². The summed E-state index contributed by atoms with van der Waals surface area (Å²) >= 11 is 12.9. The largest absolute Gasteiger partial charge is 0.490 e. The highest BCUT2D eigenvalue weighted by molar-refractivity contribution is 7.92. The summed E-state index contributed by atoms with van der Waals surface area (Å²) in [7, 11) is -1.11. The lowest BCUT2D eigenvalue weighted by Crippen LogP contribution is -2.48. The van der Waals surface area contributed by atoms with Gasteiger partial charge in [0.2, 0.25) is 30.0 Å². The number of carbonyl (C=O) groups excluding carboxylic acids is 2. The third-order valence-electron chi connectivity index (χ3n) is 21.5. The summed E-state index contributed by atoms with van der Waals surface area (Å²) in [6.07, 6.45) is 27.6. The number of carbonyl (C=O) groups is 2. The molecule has 6 aromatic rings. The number of ether oxygens (including phenoxy) is 6. The molecule has 6 aliphatic rings. The highest BCUT2D eigenvalue weighted by Crippen LogP contribution is 2.49. The van der Waals surface area contributed by atoms with Gasteiger partial charge in [-0.3, -0.25) is 0 Å². The van der Waals surface area contributed by atoms with Gasteiger partial charge in [0.25, 0.3) is 0 Å². The van der Waals surface area contributed by atoms with Crippen molar-refractivity contribution in [3.63, 3.8) is 0 Å². The van der Waals surface area contributed by atoms with Crippen molar-refractivity contribution in [1.29, 1.82) is 0 Å². The molecule has 98 heavy (non-hydrogen) atoms. The molecule has 0 N–H and O–H groups in total. The molecule has 4 heterocycles. The van der Waals surface area contributed by atoms with Gasteiger partial charge in [-0.25, -0.2) is 46.4 Å². The number of hydrogen-bond donors (Lipinski definition) is 0. The van der Waals surface area contributed by atoms with Crippen molar-refractivity contribution < 1.29 is 54.8 Å². The van der Waals surface area contributed by atoms with Crippen LogP contribution >= 0.6 is 23.2 Å². The first-order valence-corrected chi connectivity index (χ1v) is 38.4. The number of nitrogens with zero attached hydrogens (tertiary/aromatic N) is 6. The summed E-state index contributed by atoms with van der Waals surface area (Å²) in [6, 6.07) is 26.9. The third kappa shape index (κ3) is 16.1. The van der Waals surface area contributed by atoms with Gasteiger partial charge in [0, 0.05) is 86.1 Å². The molecule has 0 bridgehead atoms. The first-order chi connectivity index (χ1) is 47.3. The number of rotatable bonds is 24. The second kappa shape index (κ2) is 32.1. The van der Waals surface area contributed by atoms with Gasteiger partial charge in [-0.15, -0.1) is 0 Å². The monoisotopic (exact) mass is 1410 g/mol. The van der Waals surface area contributed by atoms with Crippen LogP contribution in [0.1, 0.15) is 147 Å². The molecular weight excluding hydrogens is 1320 g/mol. The average Bonchev–Trinajstić information content (AvgIpc) is 1.52. The van der Waals surface area contributed by atoms with Crippen LogP contribution in [-0.4, -0.2) is 139 Å². The average molecular weight is 1420 g/mol. The van der Waals surface area contributed by atoms with Crippen molar-refractivity contribution in [2.75, 3.05) is 77.6 Å². The Kier molecular flexibility index (Phi) is 23.7. The van der Waals surface area contributed by atoms with Crippen LogP contribution in [0.25, 0.3) is 0 Å². The lowest BCUT2D eigenvalue weighted by atomic mass is 9.69. The molecule has 2 aromatic heterocycles. The molecular formula is C76H92Cl2N6O12S2. The number of benzene rings is 4. The van der Waals surface area contributed by atoms with E-state index in [2.05, 4.69) is 78.3 Å². The third-order valence-corrected chi connectivity index (χ3v) is 26.3. The highest BCUT2D eigenvalue weighted by atomic mass is 35.5. The van der Waals surface area contributed by atoms with E-state index in [1.807, 2.05) is 50.2 Å². The van der Waals surface area contributed by atoms with Crippen LogP contribution < -0.4 is 19.3 Å². The maximum atomic E-state index is 13.2. The van der Waals surface area contributed by atoms with E-state index >= 15 is 0 Å². The normalized spacial score (nSPS) is 23.1. The highest BCUT2D eigenvalue weighted by Gasteiger charge is 2.46. The number of aryl methyl sites for hydroxylation is 2. The van der Waals surface area contributed by atoms with Gasteiger partial charge in [0.1, 0.15) is 11.5 Å². The Morgan fingerprint density at radius 2 is 0.980 bits per heavy atom. The van der Waals surface area contributed by atoms with Gasteiger partial charge >= 0.3 is 11.9 Å². The molecule has 12 rings (SSSR count). The predicted octanol–water partition coefficient (Wildman–Crippen LogP) is 14.0. The zero-order valence-electron chi connectivity index (χ0n) is 57.0. The standard InChI is InChI=1S/2C38H46ClN3O6S/c2*1-4-32(49(44,45)37-40-19-6-20-41-37)15-14-31(46-2)13-10-26-8-9-29(26)23-42-24-38(18-5-7-27-21-30(39)12-16-33(27)38)25-48-35-17-11-28(22-34(35)42)36(43)47-3/h2*6,10-13,16-17,19-22,26,29,31-32H,4-5,7-9,14-15,18,23-25H2,1-3H3/b2*13-10+/t26-,29-,31+,32+,38-;26-,29-,31-,32+,38-/m00/s1. The summed E-state index contributed by atoms with van der Waals surface area (Å²) in [5.74, 6) is 2.30. The number of sulfone groups is 2. The number of esters is 2. The molecule has 4 aliphatic carbocycles. The summed E-state index contributed by atoms with van der Waals surface area (Å²) in [4.78, 5) is 46.0. The minimum Gasteiger partial charge on any atom is -0.490 e. The number of halogens is 2. The van der Waals surface area contributed by atoms with E-state index in [4.69, 9.17) is 51.6 Å². The molecule has 0 amide bonds. The van der Waals surface area contributed by atoms with Gasteiger partial charge in [-0.1, -0.05) is 73.5 Å². The molecule has 4 aromatic carbocycles. The molecule has 2 aliphatic heterocycles. The molecule has 2 fully saturated rings. The van der Waals surface area contributed by atoms with E-state index in [0.29, 0.717) is 86.5 Å². The van der Waals surface area contributed by atoms with E-state index in [9.17, 15) is 26.4 Å². The molecule has 0 radical (unpaired) electrons. The predicted molar refractivity (Wildman–Crippen MR) is 380 cm³/mol. The van der Waals surface area contributed by atoms with E-state index in [1.54, 1.807) is 38.5 Å². The molecule has 18 nitrogen and oxygen atoms in total. The van der Waals surface area contributed by atoms with Gasteiger partial charge in [-0.05, 0) is 221 Å². The molecule has 2 spiro atoms. The van der Waals surface area contributed by atoms with Crippen LogP contribution in [-0.2, 0) is 62.3 Å². The maximum Gasteiger partial charge on any atom is 0.337 e. The van der Waals surface area contributed by atoms with E-state index in [-0.39, 0.29) is 45.3 Å². The molecule has 22 heteroatoms. The second-order valence-corrected chi connectivity index (χ2v) is 32.4. The van der Waals surface area contributed by atoms with Crippen molar-refractivity contribution in [2.45, 2.75) is 160 Å². The fourth-order valence-electron chi connectivity index (χ4n) is 15.6. The summed E-state index contributed by atoms with van der Waals surface area (Å²) in [6.45, 7) is 8.03. The molecule has 524 valence electrons. The minimum atomic E-state index is -3.63. The van der Waals surface area contributed by atoms with Crippen molar-refractivity contribution in [3.8, 4) is 11.5 Å². The lowest BCUT2D eigenvalue weighted by Gasteiger charge is -2.44. The first kappa shape index (κ1) is 72.3. The van der Waals surface area contributed by atoms with Crippen molar-refractivity contribution >= 4 is 66.2 Å². The van der Waals surface area contributed by atoms with E-state index in [1.165, 1.54) is 61.3 Å². The van der Waals surface area contributed by atoms with Crippen LogP contribution in [0.5, 0.6) is 11.5 Å². The van der Waals surface area contributed by atoms with Crippen LogP contribution in [0.15, 0.2) is 144 Å². The van der Waals surface area contributed by atoms with Crippen LogP contribution in [0.3, 0.4) is 0 Å². The van der Waals surface area contributed by atoms with Crippen LogP contribution in [0.2, 0.25) is 10.0 Å². The topological polar surface area (TPSA) is 216 Å². The fourth-order valence-corrected chi connectivity index (χ4v) is 19.2. The van der Waals surface area contributed by atoms with Gasteiger partial charge in [0.05, 0.1) is 72.6 Å². The number of methoxy groups -OCH3 is 4. The van der Waals surface area contributed by atoms with Gasteiger partial charge < -0.3 is 38.2 Å². The minimum absolute atomic E-state index is 0.120. The smallest absolute Gasteiger partial charge is 0.337 e. The van der Waals surface area contributed by atoms with E-state index < -0.39 is 30.2 Å². The molecule has 0 unspecified atom stereocenters. The zero-order chi connectivity index (χ0) is 69.2. The summed E-state index contributed by atoms with van der Waals surface area (Å²) in [5, 5.41) is 0.111. The zero-order valence-corrected chi connectivity index (χ0v) is 60.2. The number of anilines is 2. The SMILES string of the molecule is CC[C@H](CC[C@@H](/C=C/[C@@H]1CC[C@H]1CN1C[C@@]2(CCCc3cc(Cl)ccc32)COc2ccc(C(=O)OC)cc21)OC)S(=O)(=O)c1ncccn1.CC[C@H](CC[C@H](/C=C/[C@@H]1CC[C@H]1CN1C[C@@]2(CCCc3cc(Cl)ccc32)COc2ccc(C(=O)OC)cc21)OC)S(=O)(=O)c1ncccn1. The van der Waals surface area contributed by atoms with E-state index in [0.717, 1.165) is 123 Å². The van der Waals surface area contributed by atoms with Gasteiger partial charge in [-0.2, -0.15) is 0 Å². The second-order valence-electron chi connectivity index (χ2n) is 27.2. The summed E-state index contributed by atoms with van der Waals surface area (Å²) < 4.78 is 87.6. The fraction of sp³-hybridized carbons (Fsp3) is 0.500. The summed E-state index contributed by atoms with van der Waals surface area (Å²) in [5.41, 5.74) is 7.59. The Morgan fingerprint density at radius 3 is 1.34 bits per heavy atom. The Morgan fingerprint density at radius 1 is 0.571 bits per heavy atom.